The lowest BCUT2D eigenvalue weighted by molar-refractivity contribution is 0.221. The summed E-state index contributed by atoms with van der Waals surface area (Å²) in [5, 5.41) is 0. The first-order valence-electron chi connectivity index (χ1n) is 5.74. The van der Waals surface area contributed by atoms with E-state index < -0.39 is 0 Å². The van der Waals surface area contributed by atoms with Gasteiger partial charge in [-0.3, -0.25) is 17.8 Å². The highest BCUT2D eigenvalue weighted by atomic mass is 79.9. The molecular formula is C12H16BrMgN. The van der Waals surface area contributed by atoms with Crippen molar-refractivity contribution in [3.63, 3.8) is 0 Å². The van der Waals surface area contributed by atoms with Gasteiger partial charge < -0.3 is 0 Å². The molecule has 1 heterocycles. The average Bonchev–Trinajstić information content (AvgIpc) is 2.31. The van der Waals surface area contributed by atoms with Crippen LogP contribution in [0.2, 0.25) is 0 Å². The van der Waals surface area contributed by atoms with E-state index in [1.807, 2.05) is 0 Å². The van der Waals surface area contributed by atoms with E-state index >= 15 is 0 Å². The highest BCUT2D eigenvalue weighted by Gasteiger charge is 2.09. The van der Waals surface area contributed by atoms with Gasteiger partial charge in [-0.05, 0) is 31.5 Å². The molecule has 0 atom stereocenters. The van der Waals surface area contributed by atoms with Crippen LogP contribution in [-0.2, 0) is 6.54 Å². The predicted octanol–water partition coefficient (Wildman–Crippen LogP) is 2.31. The molecule has 1 nitrogen and oxygen atoms in total. The summed E-state index contributed by atoms with van der Waals surface area (Å²) in [5.41, 5.74) is 1.47. The van der Waals surface area contributed by atoms with E-state index in [9.17, 15) is 0 Å². The summed E-state index contributed by atoms with van der Waals surface area (Å²) in [6, 6.07) is 9.14. The van der Waals surface area contributed by atoms with Crippen LogP contribution in [0.5, 0.6) is 0 Å². The molecule has 0 unspecified atom stereocenters. The molecule has 0 amide bonds. The number of hydrogen-bond acceptors (Lipinski definition) is 1. The second-order valence-electron chi connectivity index (χ2n) is 4.29. The molecule has 1 saturated heterocycles. The number of hydrogen-bond donors (Lipinski definition) is 0. The molecule has 1 aromatic rings. The van der Waals surface area contributed by atoms with Gasteiger partial charge in [0.05, 0.1) is 0 Å². The second kappa shape index (κ2) is 6.23. The molecule has 0 radical (unpaired) electrons. The van der Waals surface area contributed by atoms with E-state index in [4.69, 9.17) is 0 Å². The van der Waals surface area contributed by atoms with Gasteiger partial charge in [-0.1, -0.05) is 30.7 Å². The predicted molar refractivity (Wildman–Crippen MR) is 69.9 cm³/mol. The Morgan fingerprint density at radius 3 is 2.33 bits per heavy atom. The molecule has 78 valence electrons. The molecule has 0 spiro atoms. The van der Waals surface area contributed by atoms with Crippen LogP contribution in [0.25, 0.3) is 0 Å². The van der Waals surface area contributed by atoms with E-state index in [0.29, 0.717) is 0 Å². The van der Waals surface area contributed by atoms with Gasteiger partial charge in [0.15, 0.2) is 0 Å². The van der Waals surface area contributed by atoms with Gasteiger partial charge in [0.2, 0.25) is 0 Å². The molecule has 2 rings (SSSR count). The summed E-state index contributed by atoms with van der Waals surface area (Å²) < 4.78 is 1.50. The highest BCUT2D eigenvalue weighted by Crippen LogP contribution is 2.12. The van der Waals surface area contributed by atoms with Gasteiger partial charge in [0.25, 0.3) is 0 Å². The van der Waals surface area contributed by atoms with Crippen LogP contribution in [0.4, 0.5) is 0 Å². The van der Waals surface area contributed by atoms with Crippen molar-refractivity contribution in [2.45, 2.75) is 25.8 Å². The summed E-state index contributed by atoms with van der Waals surface area (Å²) in [7, 11) is 0. The normalized spacial score (nSPS) is 17.4. The van der Waals surface area contributed by atoms with E-state index in [-0.39, 0.29) is 18.2 Å². The van der Waals surface area contributed by atoms with Gasteiger partial charge in [-0.2, -0.15) is 3.69 Å². The quantitative estimate of drug-likeness (QED) is 0.767. The van der Waals surface area contributed by atoms with Crippen molar-refractivity contribution in [1.29, 1.82) is 0 Å². The molecule has 1 fully saturated rings. The Bertz CT molecular complexity index is 293. The number of nitrogens with zero attached hydrogens (tertiary/aromatic N) is 1. The van der Waals surface area contributed by atoms with Crippen molar-refractivity contribution in [3.05, 3.63) is 29.8 Å². The van der Waals surface area contributed by atoms with Crippen molar-refractivity contribution < 1.29 is 0 Å². The maximum atomic E-state index is 3.61. The Hall–Kier alpha value is 0.426. The third-order valence-corrected chi connectivity index (χ3v) is 5.75. The van der Waals surface area contributed by atoms with Gasteiger partial charge in [0, 0.05) is 6.54 Å². The maximum Gasteiger partial charge on any atom is 0.506 e. The number of rotatable bonds is 3. The summed E-state index contributed by atoms with van der Waals surface area (Å²) in [6.45, 7) is 3.72. The topological polar surface area (TPSA) is 3.24 Å². The van der Waals surface area contributed by atoms with E-state index in [1.165, 1.54) is 41.6 Å². The minimum absolute atomic E-state index is 0.157. The minimum Gasteiger partial charge on any atom is -0.299 e. The van der Waals surface area contributed by atoms with Crippen molar-refractivity contribution in [3.8, 4) is 0 Å². The first kappa shape index (κ1) is 11.9. The van der Waals surface area contributed by atoms with Crippen LogP contribution in [0.15, 0.2) is 24.3 Å². The van der Waals surface area contributed by atoms with Gasteiger partial charge >= 0.3 is 18.2 Å². The fourth-order valence-corrected chi connectivity index (χ4v) is 3.64. The van der Waals surface area contributed by atoms with Crippen molar-refractivity contribution in [2.75, 3.05) is 13.1 Å². The van der Waals surface area contributed by atoms with Crippen LogP contribution in [0, 0.1) is 0 Å². The SMILES string of the molecule is [Br][Mg][c]1ccc(CN2CCCCC2)cc1. The smallest absolute Gasteiger partial charge is 0.299 e. The Kier molecular flexibility index (Phi) is 4.94. The Morgan fingerprint density at radius 1 is 1.07 bits per heavy atom. The van der Waals surface area contributed by atoms with Gasteiger partial charge in [-0.25, -0.2) is 0 Å². The molecule has 3 heteroatoms. The molecule has 1 aliphatic rings. The third kappa shape index (κ3) is 3.73. The zero-order chi connectivity index (χ0) is 10.5. The molecular weight excluding hydrogens is 262 g/mol. The number of benzene rings is 1. The lowest BCUT2D eigenvalue weighted by Crippen LogP contribution is -2.29. The lowest BCUT2D eigenvalue weighted by atomic mass is 10.1. The Balaban J connectivity index is 1.91. The molecule has 1 aromatic carbocycles. The average molecular weight is 278 g/mol. The molecule has 0 aromatic heterocycles. The molecule has 0 bridgehead atoms. The van der Waals surface area contributed by atoms with Crippen LogP contribution in [-0.4, -0.2) is 36.2 Å². The fourth-order valence-electron chi connectivity index (χ4n) is 2.11. The van der Waals surface area contributed by atoms with E-state index in [0.717, 1.165) is 6.54 Å². The molecule has 0 saturated carbocycles. The summed E-state index contributed by atoms with van der Waals surface area (Å²) in [4.78, 5) is 2.57. The zero-order valence-electron chi connectivity index (χ0n) is 9.08. The highest BCUT2D eigenvalue weighted by molar-refractivity contribution is 9.23. The molecule has 0 aliphatic carbocycles. The largest absolute Gasteiger partial charge is 0.506 e. The van der Waals surface area contributed by atoms with Crippen LogP contribution >= 0.6 is 12.9 Å². The summed E-state index contributed by atoms with van der Waals surface area (Å²) in [6.07, 6.45) is 4.18. The van der Waals surface area contributed by atoms with Crippen molar-refractivity contribution in [1.82, 2.24) is 4.90 Å². The number of halogens is 1. The van der Waals surface area contributed by atoms with Crippen LogP contribution in [0.3, 0.4) is 0 Å². The molecule has 1 aliphatic heterocycles. The first-order valence-corrected chi connectivity index (χ1v) is 10.4. The summed E-state index contributed by atoms with van der Waals surface area (Å²) in [5.74, 6) is 0. The number of likely N-dealkylation sites (tertiary alicyclic amines) is 1. The Labute approximate surface area is 108 Å². The summed E-state index contributed by atoms with van der Waals surface area (Å²) >= 11 is 3.45. The lowest BCUT2D eigenvalue weighted by Gasteiger charge is -2.26. The molecule has 0 N–H and O–H groups in total. The van der Waals surface area contributed by atoms with Crippen molar-refractivity contribution >= 4 is 34.8 Å². The third-order valence-electron chi connectivity index (χ3n) is 3.03. The van der Waals surface area contributed by atoms with Gasteiger partial charge in [0.1, 0.15) is 0 Å². The van der Waals surface area contributed by atoms with Gasteiger partial charge in [-0.15, -0.1) is 0 Å². The second-order valence-corrected chi connectivity index (χ2v) is 7.05. The van der Waals surface area contributed by atoms with E-state index in [1.54, 1.807) is 0 Å². The van der Waals surface area contributed by atoms with Crippen LogP contribution < -0.4 is 3.69 Å². The Morgan fingerprint density at radius 2 is 1.73 bits per heavy atom. The number of piperidine rings is 1. The minimum atomic E-state index is -0.157. The van der Waals surface area contributed by atoms with Crippen molar-refractivity contribution in [2.24, 2.45) is 0 Å². The van der Waals surface area contributed by atoms with Crippen LogP contribution in [0.1, 0.15) is 24.8 Å². The first-order chi connectivity index (χ1) is 7.38. The van der Waals surface area contributed by atoms with E-state index in [2.05, 4.69) is 42.0 Å². The zero-order valence-corrected chi connectivity index (χ0v) is 12.1. The molecule has 15 heavy (non-hydrogen) atoms. The monoisotopic (exact) mass is 277 g/mol. The fraction of sp³-hybridized carbons (Fsp3) is 0.500. The maximum absolute atomic E-state index is 3.61. The standard InChI is InChI=1S/C12H16N.BrH.Mg/c1-3-7-12(8-4-1)11-13-9-5-2-6-10-13;;/h3-4,7-8H,2,5-6,9-11H2;1H;/q;;+1/p-1.